The van der Waals surface area contributed by atoms with E-state index < -0.39 is 5.97 Å². The van der Waals surface area contributed by atoms with E-state index in [4.69, 9.17) is 5.11 Å². The summed E-state index contributed by atoms with van der Waals surface area (Å²) in [5.41, 5.74) is 0. The Morgan fingerprint density at radius 2 is 1.37 bits per heavy atom. The Morgan fingerprint density at radius 1 is 0.842 bits per heavy atom. The Labute approximate surface area is 116 Å². The van der Waals surface area contributed by atoms with Crippen LogP contribution in [-0.2, 0) is 4.79 Å². The van der Waals surface area contributed by atoms with Gasteiger partial charge in [0.15, 0.2) is 0 Å². The van der Waals surface area contributed by atoms with Crippen LogP contribution in [0, 0.1) is 41.4 Å². The predicted octanol–water partition coefficient (Wildman–Crippen LogP) is 3.95. The van der Waals surface area contributed by atoms with E-state index in [0.717, 1.165) is 47.8 Å². The summed E-state index contributed by atoms with van der Waals surface area (Å²) < 4.78 is 0. The summed E-state index contributed by atoms with van der Waals surface area (Å²) in [6.45, 7) is 0. The SMILES string of the molecule is O=C(O)CCC1CC(C2C3CC4CC(C3)CC2C4)C1. The molecule has 0 atom stereocenters. The molecule has 4 bridgehead atoms. The molecule has 0 aromatic heterocycles. The number of carbonyl (C=O) groups is 1. The highest BCUT2D eigenvalue weighted by molar-refractivity contribution is 5.66. The molecule has 5 rings (SSSR count). The van der Waals surface area contributed by atoms with Gasteiger partial charge in [-0.05, 0) is 92.8 Å². The monoisotopic (exact) mass is 262 g/mol. The number of carboxylic acids is 1. The van der Waals surface area contributed by atoms with Crippen LogP contribution in [0.2, 0.25) is 0 Å². The first-order chi connectivity index (χ1) is 9.19. The van der Waals surface area contributed by atoms with Gasteiger partial charge in [-0.1, -0.05) is 0 Å². The summed E-state index contributed by atoms with van der Waals surface area (Å²) in [5, 5.41) is 8.76. The van der Waals surface area contributed by atoms with E-state index in [9.17, 15) is 4.79 Å². The number of aliphatic carboxylic acids is 1. The topological polar surface area (TPSA) is 37.3 Å². The van der Waals surface area contributed by atoms with Crippen molar-refractivity contribution in [1.82, 2.24) is 0 Å². The summed E-state index contributed by atoms with van der Waals surface area (Å²) in [6, 6.07) is 0. The van der Waals surface area contributed by atoms with Gasteiger partial charge in [0, 0.05) is 6.42 Å². The van der Waals surface area contributed by atoms with Crippen LogP contribution in [0.25, 0.3) is 0 Å². The van der Waals surface area contributed by atoms with Gasteiger partial charge in [-0.25, -0.2) is 0 Å². The first-order valence-corrected chi connectivity index (χ1v) is 8.41. The molecule has 1 N–H and O–H groups in total. The Hall–Kier alpha value is -0.530. The molecule has 0 heterocycles. The molecule has 0 radical (unpaired) electrons. The van der Waals surface area contributed by atoms with Crippen LogP contribution in [0.15, 0.2) is 0 Å². The zero-order valence-corrected chi connectivity index (χ0v) is 11.8. The van der Waals surface area contributed by atoms with Crippen molar-refractivity contribution in [2.24, 2.45) is 41.4 Å². The average Bonchev–Trinajstić information content (AvgIpc) is 2.28. The van der Waals surface area contributed by atoms with Gasteiger partial charge in [0.1, 0.15) is 0 Å². The summed E-state index contributed by atoms with van der Waals surface area (Å²) in [6.07, 6.45) is 11.7. The molecule has 5 aliphatic rings. The summed E-state index contributed by atoms with van der Waals surface area (Å²) >= 11 is 0. The highest BCUT2D eigenvalue weighted by Gasteiger charge is 2.52. The Morgan fingerprint density at radius 3 is 1.89 bits per heavy atom. The molecule has 0 aromatic rings. The molecule has 2 heteroatoms. The minimum absolute atomic E-state index is 0.388. The maximum absolute atomic E-state index is 10.6. The Kier molecular flexibility index (Phi) is 2.89. The van der Waals surface area contributed by atoms with E-state index in [1.54, 1.807) is 6.42 Å². The van der Waals surface area contributed by atoms with Crippen molar-refractivity contribution in [3.05, 3.63) is 0 Å². The molecule has 106 valence electrons. The molecule has 0 unspecified atom stereocenters. The molecular formula is C17H26O2. The van der Waals surface area contributed by atoms with Crippen LogP contribution in [0.1, 0.15) is 57.8 Å². The standard InChI is InChI=1S/C17H26O2/c18-16(19)2-1-10-4-13(5-10)17-14-6-11-3-12(8-14)9-15(17)7-11/h10-15,17H,1-9H2,(H,18,19). The Balaban J connectivity index is 1.33. The second-order valence-corrected chi connectivity index (χ2v) is 8.04. The van der Waals surface area contributed by atoms with Crippen LogP contribution >= 0.6 is 0 Å². The maximum atomic E-state index is 10.6. The molecular weight excluding hydrogens is 236 g/mol. The molecule has 2 nitrogen and oxygen atoms in total. The first-order valence-electron chi connectivity index (χ1n) is 8.41. The zero-order chi connectivity index (χ0) is 13.0. The van der Waals surface area contributed by atoms with Crippen LogP contribution in [0.5, 0.6) is 0 Å². The van der Waals surface area contributed by atoms with E-state index in [2.05, 4.69) is 0 Å². The van der Waals surface area contributed by atoms with E-state index in [-0.39, 0.29) is 0 Å². The van der Waals surface area contributed by atoms with Gasteiger partial charge in [-0.3, -0.25) is 4.79 Å². The minimum Gasteiger partial charge on any atom is -0.481 e. The molecule has 0 amide bonds. The molecule has 0 aromatic carbocycles. The van der Waals surface area contributed by atoms with Gasteiger partial charge in [-0.2, -0.15) is 0 Å². The highest BCUT2D eigenvalue weighted by atomic mass is 16.4. The summed E-state index contributed by atoms with van der Waals surface area (Å²) in [7, 11) is 0. The second kappa shape index (κ2) is 4.49. The molecule has 0 aliphatic heterocycles. The fourth-order valence-corrected chi connectivity index (χ4v) is 6.40. The quantitative estimate of drug-likeness (QED) is 0.833. The van der Waals surface area contributed by atoms with Crippen molar-refractivity contribution in [2.75, 3.05) is 0 Å². The largest absolute Gasteiger partial charge is 0.481 e. The lowest BCUT2D eigenvalue weighted by molar-refractivity contribution is -0.138. The van der Waals surface area contributed by atoms with Crippen molar-refractivity contribution in [3.63, 3.8) is 0 Å². The highest BCUT2D eigenvalue weighted by Crippen LogP contribution is 2.61. The number of hydrogen-bond donors (Lipinski definition) is 1. The number of carboxylic acid groups (broad SMARTS) is 1. The summed E-state index contributed by atoms with van der Waals surface area (Å²) in [4.78, 5) is 10.6. The van der Waals surface area contributed by atoms with Gasteiger partial charge >= 0.3 is 5.97 Å². The third-order valence-electron chi connectivity index (χ3n) is 6.88. The van der Waals surface area contributed by atoms with Crippen molar-refractivity contribution in [3.8, 4) is 0 Å². The van der Waals surface area contributed by atoms with E-state index in [0.29, 0.717) is 6.42 Å². The molecule has 0 spiro atoms. The average molecular weight is 262 g/mol. The van der Waals surface area contributed by atoms with Crippen LogP contribution in [0.4, 0.5) is 0 Å². The van der Waals surface area contributed by atoms with Crippen molar-refractivity contribution in [1.29, 1.82) is 0 Å². The molecule has 5 fully saturated rings. The molecule has 5 saturated carbocycles. The lowest BCUT2D eigenvalue weighted by atomic mass is 9.47. The van der Waals surface area contributed by atoms with Crippen molar-refractivity contribution < 1.29 is 9.90 Å². The number of hydrogen-bond acceptors (Lipinski definition) is 1. The third-order valence-corrected chi connectivity index (χ3v) is 6.88. The third kappa shape index (κ3) is 2.11. The van der Waals surface area contributed by atoms with Crippen molar-refractivity contribution in [2.45, 2.75) is 57.8 Å². The lowest BCUT2D eigenvalue weighted by Crippen LogP contribution is -2.50. The summed E-state index contributed by atoms with van der Waals surface area (Å²) in [5.74, 6) is 6.41. The fraction of sp³-hybridized carbons (Fsp3) is 0.941. The molecule has 0 saturated heterocycles. The minimum atomic E-state index is -0.613. The van der Waals surface area contributed by atoms with E-state index in [1.807, 2.05) is 0 Å². The van der Waals surface area contributed by atoms with Crippen molar-refractivity contribution >= 4 is 5.97 Å². The predicted molar refractivity (Wildman–Crippen MR) is 73.6 cm³/mol. The van der Waals surface area contributed by atoms with Gasteiger partial charge < -0.3 is 5.11 Å². The van der Waals surface area contributed by atoms with Gasteiger partial charge in [0.05, 0.1) is 0 Å². The van der Waals surface area contributed by atoms with Gasteiger partial charge in [0.25, 0.3) is 0 Å². The Bertz CT molecular complexity index is 341. The zero-order valence-electron chi connectivity index (χ0n) is 11.8. The second-order valence-electron chi connectivity index (χ2n) is 8.04. The normalized spacial score (nSPS) is 51.1. The van der Waals surface area contributed by atoms with Gasteiger partial charge in [-0.15, -0.1) is 0 Å². The maximum Gasteiger partial charge on any atom is 0.303 e. The van der Waals surface area contributed by atoms with Crippen LogP contribution in [0.3, 0.4) is 0 Å². The smallest absolute Gasteiger partial charge is 0.303 e. The van der Waals surface area contributed by atoms with Gasteiger partial charge in [0.2, 0.25) is 0 Å². The fourth-order valence-electron chi connectivity index (χ4n) is 6.40. The molecule has 19 heavy (non-hydrogen) atoms. The van der Waals surface area contributed by atoms with Crippen LogP contribution in [-0.4, -0.2) is 11.1 Å². The lowest BCUT2D eigenvalue weighted by Gasteiger charge is -2.59. The number of rotatable bonds is 4. The van der Waals surface area contributed by atoms with Crippen LogP contribution < -0.4 is 0 Å². The van der Waals surface area contributed by atoms with E-state index in [1.165, 1.54) is 38.5 Å². The first kappa shape index (κ1) is 12.2. The van der Waals surface area contributed by atoms with E-state index >= 15 is 0 Å². The molecule has 5 aliphatic carbocycles.